The van der Waals surface area contributed by atoms with E-state index >= 15 is 0 Å². The molecular weight excluding hydrogens is 186 g/mol. The molecule has 0 fully saturated rings. The monoisotopic (exact) mass is 193 g/mol. The van der Waals surface area contributed by atoms with Crippen molar-refractivity contribution in [3.8, 4) is 11.6 Å². The average Bonchev–Trinajstić information content (AvgIpc) is 2.50. The van der Waals surface area contributed by atoms with Crippen LogP contribution in [0.1, 0.15) is 5.69 Å². The van der Waals surface area contributed by atoms with Gasteiger partial charge in [0.25, 0.3) is 0 Å². The minimum Gasteiger partial charge on any atom is -0.368 e. The molecule has 0 atom stereocenters. The molecule has 0 radical (unpaired) electrons. The van der Waals surface area contributed by atoms with Gasteiger partial charge in [-0.3, -0.25) is 4.98 Å². The van der Waals surface area contributed by atoms with Gasteiger partial charge in [0, 0.05) is 6.07 Å². The van der Waals surface area contributed by atoms with Crippen LogP contribution < -0.4 is 11.4 Å². The number of nitrogens with two attached hydrogens (primary N) is 1. The highest BCUT2D eigenvalue weighted by molar-refractivity contribution is 5.47. The summed E-state index contributed by atoms with van der Waals surface area (Å²) in [6.07, 6.45) is 0. The summed E-state index contributed by atoms with van der Waals surface area (Å²) in [4.78, 5) is 20.5. The van der Waals surface area contributed by atoms with Gasteiger partial charge in [0.15, 0.2) is 5.82 Å². The summed E-state index contributed by atoms with van der Waals surface area (Å²) in [5, 5.41) is 3.65. The second kappa shape index (κ2) is 2.95. The Balaban J connectivity index is 2.56. The van der Waals surface area contributed by atoms with Crippen molar-refractivity contribution in [1.82, 2.24) is 20.1 Å². The number of nitrogens with one attached hydrogen (secondary N) is 1. The van der Waals surface area contributed by atoms with Gasteiger partial charge < -0.3 is 10.3 Å². The molecule has 0 aromatic carbocycles. The molecule has 0 aliphatic carbocycles. The van der Waals surface area contributed by atoms with Gasteiger partial charge in [-0.25, -0.2) is 4.79 Å². The lowest BCUT2D eigenvalue weighted by Gasteiger charge is -1.94. The molecule has 2 aromatic heterocycles. The summed E-state index contributed by atoms with van der Waals surface area (Å²) in [6.45, 7) is 1.76. The topological polar surface area (TPSA) is 111 Å². The third kappa shape index (κ3) is 1.47. The third-order valence-corrected chi connectivity index (χ3v) is 1.53. The molecule has 0 bridgehead atoms. The molecule has 7 heteroatoms. The second-order valence-corrected chi connectivity index (χ2v) is 2.69. The van der Waals surface area contributed by atoms with Crippen molar-refractivity contribution in [3.05, 3.63) is 22.2 Å². The first kappa shape index (κ1) is 8.42. The molecule has 0 aliphatic rings. The van der Waals surface area contributed by atoms with Crippen LogP contribution >= 0.6 is 0 Å². The molecule has 0 unspecified atom stereocenters. The predicted molar refractivity (Wildman–Crippen MR) is 47.3 cm³/mol. The first-order chi connectivity index (χ1) is 6.65. The zero-order valence-corrected chi connectivity index (χ0v) is 7.31. The van der Waals surface area contributed by atoms with Crippen molar-refractivity contribution in [3.63, 3.8) is 0 Å². The van der Waals surface area contributed by atoms with E-state index in [9.17, 15) is 4.79 Å². The lowest BCUT2D eigenvalue weighted by molar-refractivity contribution is 0.424. The van der Waals surface area contributed by atoms with E-state index in [-0.39, 0.29) is 11.8 Å². The number of aryl methyl sites for hydroxylation is 1. The molecule has 0 saturated heterocycles. The van der Waals surface area contributed by atoms with Crippen LogP contribution in [0.5, 0.6) is 0 Å². The number of nitrogen functional groups attached to an aromatic ring is 1. The van der Waals surface area contributed by atoms with Crippen molar-refractivity contribution >= 4 is 5.95 Å². The van der Waals surface area contributed by atoms with E-state index in [1.165, 1.54) is 0 Å². The summed E-state index contributed by atoms with van der Waals surface area (Å²) in [7, 11) is 0. The van der Waals surface area contributed by atoms with Crippen LogP contribution in [0.15, 0.2) is 15.4 Å². The molecule has 0 aliphatic heterocycles. The molecule has 2 aromatic rings. The van der Waals surface area contributed by atoms with E-state index in [1.54, 1.807) is 13.0 Å². The van der Waals surface area contributed by atoms with E-state index in [1.807, 2.05) is 0 Å². The van der Waals surface area contributed by atoms with Crippen LogP contribution in [0.4, 0.5) is 5.95 Å². The lowest BCUT2D eigenvalue weighted by atomic mass is 10.4. The summed E-state index contributed by atoms with van der Waals surface area (Å²) < 4.78 is 4.89. The standard InChI is InChI=1S/C7H7N5O2/c1-3-2-4(14-12-3)5-9-6(8)11-7(13)10-5/h2H,1H3,(H3,8,9,10,11,13). The van der Waals surface area contributed by atoms with Gasteiger partial charge in [0.05, 0.1) is 5.69 Å². The fourth-order valence-corrected chi connectivity index (χ4v) is 0.993. The maximum atomic E-state index is 10.9. The normalized spacial score (nSPS) is 10.4. The first-order valence-corrected chi connectivity index (χ1v) is 3.82. The van der Waals surface area contributed by atoms with Crippen molar-refractivity contribution in [2.45, 2.75) is 6.92 Å². The Hall–Kier alpha value is -2.18. The quantitative estimate of drug-likeness (QED) is 0.643. The lowest BCUT2D eigenvalue weighted by Crippen LogP contribution is -2.15. The minimum atomic E-state index is -0.568. The molecule has 0 spiro atoms. The molecule has 2 rings (SSSR count). The van der Waals surface area contributed by atoms with Crippen molar-refractivity contribution < 1.29 is 4.52 Å². The highest BCUT2D eigenvalue weighted by atomic mass is 16.5. The Bertz CT molecular complexity index is 515. The maximum absolute atomic E-state index is 10.9. The zero-order chi connectivity index (χ0) is 10.1. The third-order valence-electron chi connectivity index (χ3n) is 1.53. The van der Waals surface area contributed by atoms with Gasteiger partial charge >= 0.3 is 5.69 Å². The van der Waals surface area contributed by atoms with Gasteiger partial charge in [-0.1, -0.05) is 5.16 Å². The number of hydrogen-bond donors (Lipinski definition) is 2. The van der Waals surface area contributed by atoms with Crippen LogP contribution in [0.2, 0.25) is 0 Å². The number of nitrogens with zero attached hydrogens (tertiary/aromatic N) is 3. The molecule has 0 amide bonds. The highest BCUT2D eigenvalue weighted by Gasteiger charge is 2.08. The zero-order valence-electron chi connectivity index (χ0n) is 7.31. The number of H-pyrrole nitrogens is 1. The number of aromatic amines is 1. The van der Waals surface area contributed by atoms with Crippen LogP contribution in [0.25, 0.3) is 11.6 Å². The van der Waals surface area contributed by atoms with Gasteiger partial charge in [0.1, 0.15) is 0 Å². The van der Waals surface area contributed by atoms with Gasteiger partial charge in [0.2, 0.25) is 11.7 Å². The first-order valence-electron chi connectivity index (χ1n) is 3.82. The highest BCUT2D eigenvalue weighted by Crippen LogP contribution is 2.13. The Labute approximate surface area is 78.0 Å². The Kier molecular flexibility index (Phi) is 1.77. The fraction of sp³-hybridized carbons (Fsp3) is 0.143. The summed E-state index contributed by atoms with van der Waals surface area (Å²) in [5.74, 6) is 0.481. The number of hydrogen-bond acceptors (Lipinski definition) is 6. The predicted octanol–water partition coefficient (Wildman–Crippen LogP) is -0.289. The van der Waals surface area contributed by atoms with Crippen LogP contribution in [0.3, 0.4) is 0 Å². The maximum Gasteiger partial charge on any atom is 0.349 e. The van der Waals surface area contributed by atoms with Gasteiger partial charge in [-0.2, -0.15) is 9.97 Å². The molecular formula is C7H7N5O2. The largest absolute Gasteiger partial charge is 0.368 e. The number of anilines is 1. The van der Waals surface area contributed by atoms with E-state index in [4.69, 9.17) is 10.3 Å². The smallest absolute Gasteiger partial charge is 0.349 e. The Morgan fingerprint density at radius 1 is 1.50 bits per heavy atom. The Morgan fingerprint density at radius 3 is 2.86 bits per heavy atom. The summed E-state index contributed by atoms with van der Waals surface area (Å²) in [6, 6.07) is 1.64. The fourth-order valence-electron chi connectivity index (χ4n) is 0.993. The van der Waals surface area contributed by atoms with Crippen molar-refractivity contribution in [1.29, 1.82) is 0 Å². The average molecular weight is 193 g/mol. The molecule has 0 saturated carbocycles. The number of rotatable bonds is 1. The van der Waals surface area contributed by atoms with Gasteiger partial charge in [-0.15, -0.1) is 0 Å². The molecule has 3 N–H and O–H groups in total. The SMILES string of the molecule is Cc1cc(-c2nc(N)nc(=O)[nH]2)on1. The van der Waals surface area contributed by atoms with E-state index in [2.05, 4.69) is 20.1 Å². The van der Waals surface area contributed by atoms with Crippen molar-refractivity contribution in [2.24, 2.45) is 0 Å². The minimum absolute atomic E-state index is 0.0993. The van der Waals surface area contributed by atoms with Crippen LogP contribution in [-0.4, -0.2) is 20.1 Å². The van der Waals surface area contributed by atoms with E-state index < -0.39 is 5.69 Å². The van der Waals surface area contributed by atoms with Crippen LogP contribution in [-0.2, 0) is 0 Å². The van der Waals surface area contributed by atoms with E-state index in [0.717, 1.165) is 0 Å². The van der Waals surface area contributed by atoms with E-state index in [0.29, 0.717) is 11.5 Å². The molecule has 72 valence electrons. The number of aromatic nitrogens is 4. The van der Waals surface area contributed by atoms with Gasteiger partial charge in [-0.05, 0) is 6.92 Å². The summed E-state index contributed by atoms with van der Waals surface area (Å²) in [5.41, 5.74) is 5.42. The second-order valence-electron chi connectivity index (χ2n) is 2.69. The molecule has 14 heavy (non-hydrogen) atoms. The van der Waals surface area contributed by atoms with Crippen LogP contribution in [0, 0.1) is 6.92 Å². The summed E-state index contributed by atoms with van der Waals surface area (Å²) >= 11 is 0. The van der Waals surface area contributed by atoms with Crippen molar-refractivity contribution in [2.75, 3.05) is 5.73 Å². The molecule has 2 heterocycles. The molecule has 7 nitrogen and oxygen atoms in total. The Morgan fingerprint density at radius 2 is 2.29 bits per heavy atom.